The minimum atomic E-state index is -4.18. The van der Waals surface area contributed by atoms with Gasteiger partial charge in [0.2, 0.25) is 11.8 Å². The number of rotatable bonds is 12. The summed E-state index contributed by atoms with van der Waals surface area (Å²) < 4.78 is 28.7. The van der Waals surface area contributed by atoms with Crippen LogP contribution in [0.25, 0.3) is 0 Å². The first kappa shape index (κ1) is 31.5. The predicted molar refractivity (Wildman–Crippen MR) is 161 cm³/mol. The highest BCUT2D eigenvalue weighted by atomic mass is 35.5. The van der Waals surface area contributed by atoms with Gasteiger partial charge in [-0.3, -0.25) is 13.9 Å². The van der Waals surface area contributed by atoms with Gasteiger partial charge in [0.1, 0.15) is 12.6 Å². The highest BCUT2D eigenvalue weighted by Crippen LogP contribution is 2.31. The van der Waals surface area contributed by atoms with Gasteiger partial charge in [0.05, 0.1) is 20.6 Å². The Hall–Kier alpha value is -3.07. The van der Waals surface area contributed by atoms with Crippen molar-refractivity contribution >= 4 is 50.7 Å². The van der Waals surface area contributed by atoms with Gasteiger partial charge in [0.25, 0.3) is 10.0 Å². The number of nitrogens with zero attached hydrogens (tertiary/aromatic N) is 2. The maximum Gasteiger partial charge on any atom is 0.264 e. The molecule has 1 N–H and O–H groups in total. The van der Waals surface area contributed by atoms with E-state index in [1.165, 1.54) is 35.2 Å². The average molecular weight is 605 g/mol. The molecule has 0 aliphatic rings. The van der Waals surface area contributed by atoms with E-state index >= 15 is 0 Å². The van der Waals surface area contributed by atoms with Crippen LogP contribution in [0.3, 0.4) is 0 Å². The van der Waals surface area contributed by atoms with Gasteiger partial charge >= 0.3 is 0 Å². The molecule has 0 aliphatic carbocycles. The molecule has 0 radical (unpaired) electrons. The van der Waals surface area contributed by atoms with Gasteiger partial charge in [-0.05, 0) is 62.6 Å². The van der Waals surface area contributed by atoms with Gasteiger partial charge in [-0.15, -0.1) is 0 Å². The van der Waals surface area contributed by atoms with E-state index in [0.29, 0.717) is 6.42 Å². The molecule has 0 aliphatic heterocycles. The van der Waals surface area contributed by atoms with Crippen LogP contribution in [0.15, 0.2) is 77.7 Å². The molecule has 3 aromatic rings. The van der Waals surface area contributed by atoms with E-state index in [1.54, 1.807) is 18.2 Å². The van der Waals surface area contributed by atoms with Crippen molar-refractivity contribution in [1.82, 2.24) is 10.2 Å². The Labute approximate surface area is 247 Å². The first-order chi connectivity index (χ1) is 19.0. The largest absolute Gasteiger partial charge is 0.352 e. The number of hydrogen-bond acceptors (Lipinski definition) is 4. The molecule has 40 heavy (non-hydrogen) atoms. The lowest BCUT2D eigenvalue weighted by Crippen LogP contribution is -2.53. The van der Waals surface area contributed by atoms with Crippen LogP contribution in [0.4, 0.5) is 5.69 Å². The lowest BCUT2D eigenvalue weighted by molar-refractivity contribution is -0.140. The minimum absolute atomic E-state index is 0.0144. The van der Waals surface area contributed by atoms with Gasteiger partial charge in [-0.2, -0.15) is 0 Å². The second-order valence-electron chi connectivity index (χ2n) is 9.67. The monoisotopic (exact) mass is 603 g/mol. The summed E-state index contributed by atoms with van der Waals surface area (Å²) in [5.74, 6) is -0.818. The molecule has 0 aromatic heterocycles. The molecule has 2 atom stereocenters. The van der Waals surface area contributed by atoms with Crippen LogP contribution in [0.5, 0.6) is 0 Å². The zero-order valence-electron chi connectivity index (χ0n) is 23.1. The summed E-state index contributed by atoms with van der Waals surface area (Å²) in [6, 6.07) is 19.0. The van der Waals surface area contributed by atoms with Crippen molar-refractivity contribution in [2.24, 2.45) is 0 Å². The second kappa shape index (κ2) is 14.0. The first-order valence-electron chi connectivity index (χ1n) is 13.2. The molecule has 0 saturated carbocycles. The Balaban J connectivity index is 2.06. The molecule has 0 spiro atoms. The third-order valence-corrected chi connectivity index (χ3v) is 9.19. The Kier molecular flexibility index (Phi) is 11.0. The van der Waals surface area contributed by atoms with Gasteiger partial charge in [-0.25, -0.2) is 8.42 Å². The molecule has 0 saturated heterocycles. The highest BCUT2D eigenvalue weighted by molar-refractivity contribution is 7.92. The number of nitrogens with one attached hydrogen (secondary N) is 1. The van der Waals surface area contributed by atoms with Crippen molar-refractivity contribution in [2.75, 3.05) is 10.8 Å². The number of aryl methyl sites for hydroxylation is 1. The lowest BCUT2D eigenvalue weighted by Gasteiger charge is -2.33. The molecule has 0 fully saturated rings. The van der Waals surface area contributed by atoms with E-state index in [1.807, 2.05) is 52.0 Å². The summed E-state index contributed by atoms with van der Waals surface area (Å²) in [7, 11) is -4.18. The van der Waals surface area contributed by atoms with Crippen molar-refractivity contribution in [3.63, 3.8) is 0 Å². The number of carbonyl (C=O) groups excluding carboxylic acids is 2. The fraction of sp³-hybridized carbons (Fsp3) is 0.333. The van der Waals surface area contributed by atoms with E-state index in [9.17, 15) is 18.0 Å². The fourth-order valence-corrected chi connectivity index (χ4v) is 5.86. The lowest BCUT2D eigenvalue weighted by atomic mass is 10.1. The quantitative estimate of drug-likeness (QED) is 0.266. The first-order valence-corrected chi connectivity index (χ1v) is 15.4. The third-order valence-electron chi connectivity index (χ3n) is 6.66. The minimum Gasteiger partial charge on any atom is -0.352 e. The molecule has 3 aromatic carbocycles. The molecule has 7 nitrogen and oxygen atoms in total. The van der Waals surface area contributed by atoms with E-state index in [2.05, 4.69) is 5.32 Å². The fourth-order valence-electron chi connectivity index (χ4n) is 4.14. The summed E-state index contributed by atoms with van der Waals surface area (Å²) in [6.45, 7) is 7.23. The van der Waals surface area contributed by atoms with Crippen LogP contribution in [0, 0.1) is 6.92 Å². The van der Waals surface area contributed by atoms with Gasteiger partial charge in [-0.1, -0.05) is 85.1 Å². The van der Waals surface area contributed by atoms with E-state index in [0.717, 1.165) is 21.9 Å². The van der Waals surface area contributed by atoms with Crippen LogP contribution < -0.4 is 9.62 Å². The number of hydrogen-bond donors (Lipinski definition) is 1. The SMILES string of the molecule is CC[C@H](C)NC(=O)[C@H](CC)N(Cc1ccc(C)cc1)C(=O)CN(c1ccc(Cl)c(Cl)c1)S(=O)(=O)c1ccccc1. The number of halogens is 2. The third kappa shape index (κ3) is 7.77. The smallest absolute Gasteiger partial charge is 0.264 e. The van der Waals surface area contributed by atoms with Crippen molar-refractivity contribution < 1.29 is 18.0 Å². The zero-order valence-corrected chi connectivity index (χ0v) is 25.4. The Bertz CT molecular complexity index is 1420. The molecular formula is C30H35Cl2N3O4S. The number of carbonyl (C=O) groups is 2. The average Bonchev–Trinajstić information content (AvgIpc) is 2.94. The molecule has 3 rings (SSSR count). The molecule has 0 heterocycles. The molecule has 2 amide bonds. The summed E-state index contributed by atoms with van der Waals surface area (Å²) in [5, 5.41) is 3.37. The normalized spacial score (nSPS) is 12.8. The van der Waals surface area contributed by atoms with E-state index in [4.69, 9.17) is 23.2 Å². The molecular weight excluding hydrogens is 569 g/mol. The summed E-state index contributed by atoms with van der Waals surface area (Å²) in [4.78, 5) is 28.9. The van der Waals surface area contributed by atoms with Crippen molar-refractivity contribution in [3.05, 3.63) is 94.0 Å². The van der Waals surface area contributed by atoms with Crippen LogP contribution in [-0.4, -0.2) is 43.8 Å². The van der Waals surface area contributed by atoms with Crippen molar-refractivity contribution in [1.29, 1.82) is 0 Å². The Morgan fingerprint density at radius 3 is 2.12 bits per heavy atom. The van der Waals surface area contributed by atoms with E-state index < -0.39 is 28.5 Å². The van der Waals surface area contributed by atoms with Gasteiger partial charge in [0, 0.05) is 12.6 Å². The predicted octanol–water partition coefficient (Wildman–Crippen LogP) is 6.22. The van der Waals surface area contributed by atoms with Gasteiger partial charge in [0.15, 0.2) is 0 Å². The molecule has 214 valence electrons. The van der Waals surface area contributed by atoms with Gasteiger partial charge < -0.3 is 10.2 Å². The second-order valence-corrected chi connectivity index (χ2v) is 12.3. The van der Waals surface area contributed by atoms with Crippen molar-refractivity contribution in [2.45, 2.75) is 64.1 Å². The van der Waals surface area contributed by atoms with Crippen LogP contribution in [0.1, 0.15) is 44.7 Å². The van der Waals surface area contributed by atoms with Crippen molar-refractivity contribution in [3.8, 4) is 0 Å². The standard InChI is InChI=1S/C30H35Cl2N3O4S/c1-5-22(4)33-30(37)28(6-2)34(19-23-14-12-21(3)13-15-23)29(36)20-35(24-16-17-26(31)27(32)18-24)40(38,39)25-10-8-7-9-11-25/h7-18,22,28H,5-6,19-20H2,1-4H3,(H,33,37)/t22-,28-/m0/s1. The Morgan fingerprint density at radius 1 is 0.900 bits per heavy atom. The van der Waals surface area contributed by atoms with Crippen LogP contribution in [0.2, 0.25) is 10.0 Å². The Morgan fingerprint density at radius 2 is 1.55 bits per heavy atom. The van der Waals surface area contributed by atoms with E-state index in [-0.39, 0.29) is 39.1 Å². The maximum atomic E-state index is 14.1. The number of anilines is 1. The topological polar surface area (TPSA) is 86.8 Å². The summed E-state index contributed by atoms with van der Waals surface area (Å²) in [5.41, 5.74) is 2.06. The summed E-state index contributed by atoms with van der Waals surface area (Å²) in [6.07, 6.45) is 1.08. The molecule has 10 heteroatoms. The number of amides is 2. The number of sulfonamides is 1. The highest BCUT2D eigenvalue weighted by Gasteiger charge is 2.34. The maximum absolute atomic E-state index is 14.1. The summed E-state index contributed by atoms with van der Waals surface area (Å²) >= 11 is 12.4. The molecule has 0 bridgehead atoms. The molecule has 0 unspecified atom stereocenters. The number of benzene rings is 3. The van der Waals surface area contributed by atoms with Crippen LogP contribution in [-0.2, 0) is 26.2 Å². The zero-order chi connectivity index (χ0) is 29.4. The van der Waals surface area contributed by atoms with Crippen LogP contribution >= 0.6 is 23.2 Å².